The molecular weight excluding hydrogens is 394 g/mol. The molecule has 0 atom stereocenters. The normalized spacial score (nSPS) is 15.5. The summed E-state index contributed by atoms with van der Waals surface area (Å²) in [5.74, 6) is 1.36. The molecule has 2 heterocycles. The van der Waals surface area contributed by atoms with Gasteiger partial charge in [-0.2, -0.15) is 0 Å². The number of halogens is 2. The quantitative estimate of drug-likeness (QED) is 0.452. The SMILES string of the molecule is ONC(=Nc1ccc(Cl)cc1)N1CCN(c2ncccc2Br)CC1. The predicted molar refractivity (Wildman–Crippen MR) is 99.2 cm³/mol. The van der Waals surface area contributed by atoms with E-state index in [-0.39, 0.29) is 0 Å². The molecule has 1 fully saturated rings. The summed E-state index contributed by atoms with van der Waals surface area (Å²) >= 11 is 9.41. The zero-order valence-electron chi connectivity index (χ0n) is 12.9. The van der Waals surface area contributed by atoms with Crippen molar-refractivity contribution >= 4 is 45.0 Å². The Morgan fingerprint density at radius 3 is 2.50 bits per heavy atom. The fourth-order valence-electron chi connectivity index (χ4n) is 2.54. The maximum absolute atomic E-state index is 9.44. The molecule has 1 aliphatic heterocycles. The Kier molecular flexibility index (Phi) is 5.55. The predicted octanol–water partition coefficient (Wildman–Crippen LogP) is 3.29. The summed E-state index contributed by atoms with van der Waals surface area (Å²) < 4.78 is 0.980. The van der Waals surface area contributed by atoms with E-state index in [4.69, 9.17) is 11.6 Å². The van der Waals surface area contributed by atoms with Gasteiger partial charge >= 0.3 is 0 Å². The van der Waals surface area contributed by atoms with Gasteiger partial charge in [0.15, 0.2) is 0 Å². The second-order valence-electron chi connectivity index (χ2n) is 5.31. The van der Waals surface area contributed by atoms with Crippen molar-refractivity contribution in [2.45, 2.75) is 0 Å². The Balaban J connectivity index is 1.68. The van der Waals surface area contributed by atoms with E-state index in [1.807, 2.05) is 17.0 Å². The number of hydrogen-bond acceptors (Lipinski definition) is 4. The minimum absolute atomic E-state index is 0.428. The number of benzene rings is 1. The number of piperazine rings is 1. The van der Waals surface area contributed by atoms with Gasteiger partial charge in [0.25, 0.3) is 0 Å². The van der Waals surface area contributed by atoms with Gasteiger partial charge in [-0.25, -0.2) is 15.5 Å². The number of nitrogens with zero attached hydrogens (tertiary/aromatic N) is 4. The average Bonchev–Trinajstić information content (AvgIpc) is 2.62. The van der Waals surface area contributed by atoms with Crippen LogP contribution in [0.25, 0.3) is 0 Å². The summed E-state index contributed by atoms with van der Waals surface area (Å²) in [6.45, 7) is 3.03. The first kappa shape index (κ1) is 17.0. The first-order valence-corrected chi connectivity index (χ1v) is 8.69. The summed E-state index contributed by atoms with van der Waals surface area (Å²) in [6, 6.07) is 11.0. The van der Waals surface area contributed by atoms with Gasteiger partial charge in [-0.3, -0.25) is 5.21 Å². The van der Waals surface area contributed by atoms with Crippen molar-refractivity contribution in [3.63, 3.8) is 0 Å². The van der Waals surface area contributed by atoms with E-state index >= 15 is 0 Å². The van der Waals surface area contributed by atoms with Crippen molar-refractivity contribution in [3.8, 4) is 0 Å². The Labute approximate surface area is 153 Å². The number of nitrogens with one attached hydrogen (secondary N) is 1. The van der Waals surface area contributed by atoms with E-state index in [0.29, 0.717) is 11.0 Å². The molecule has 0 bridgehead atoms. The van der Waals surface area contributed by atoms with Crippen molar-refractivity contribution in [2.24, 2.45) is 4.99 Å². The second-order valence-corrected chi connectivity index (χ2v) is 6.60. The van der Waals surface area contributed by atoms with E-state index < -0.39 is 0 Å². The molecule has 2 N–H and O–H groups in total. The van der Waals surface area contributed by atoms with Crippen LogP contribution >= 0.6 is 27.5 Å². The number of aliphatic imine (C=N–C) groups is 1. The van der Waals surface area contributed by atoms with Gasteiger partial charge in [0, 0.05) is 37.4 Å². The van der Waals surface area contributed by atoms with Crippen molar-refractivity contribution in [3.05, 3.63) is 52.1 Å². The molecule has 1 aliphatic rings. The number of aromatic nitrogens is 1. The first-order valence-electron chi connectivity index (χ1n) is 7.52. The molecule has 1 aromatic heterocycles. The highest BCUT2D eigenvalue weighted by Crippen LogP contribution is 2.24. The summed E-state index contributed by atoms with van der Waals surface area (Å²) in [5.41, 5.74) is 2.93. The molecule has 0 spiro atoms. The van der Waals surface area contributed by atoms with E-state index in [1.54, 1.807) is 30.5 Å². The van der Waals surface area contributed by atoms with Crippen LogP contribution in [0.4, 0.5) is 11.5 Å². The van der Waals surface area contributed by atoms with Gasteiger partial charge in [0.1, 0.15) is 5.82 Å². The smallest absolute Gasteiger partial charge is 0.223 e. The highest BCUT2D eigenvalue weighted by Gasteiger charge is 2.21. The van der Waals surface area contributed by atoms with E-state index in [2.05, 4.69) is 36.3 Å². The van der Waals surface area contributed by atoms with Crippen LogP contribution in [-0.4, -0.2) is 47.2 Å². The Bertz CT molecular complexity index is 717. The molecule has 0 saturated carbocycles. The summed E-state index contributed by atoms with van der Waals surface area (Å²) in [4.78, 5) is 13.1. The lowest BCUT2D eigenvalue weighted by Crippen LogP contribution is -2.52. The Morgan fingerprint density at radius 1 is 1.17 bits per heavy atom. The van der Waals surface area contributed by atoms with Gasteiger partial charge in [-0.05, 0) is 52.3 Å². The molecule has 3 rings (SSSR count). The summed E-state index contributed by atoms with van der Waals surface area (Å²) in [5, 5.41) is 10.1. The second kappa shape index (κ2) is 7.83. The standard InChI is InChI=1S/C16H17BrClN5O/c17-14-2-1-7-19-15(14)22-8-10-23(11-9-22)16(21-24)20-13-5-3-12(18)4-6-13/h1-7,24H,8-11H2,(H,20,21). The van der Waals surface area contributed by atoms with Gasteiger partial charge in [-0.15, -0.1) is 0 Å². The number of rotatable bonds is 2. The molecule has 6 nitrogen and oxygen atoms in total. The fraction of sp³-hybridized carbons (Fsp3) is 0.250. The van der Waals surface area contributed by atoms with Gasteiger partial charge < -0.3 is 9.80 Å². The zero-order chi connectivity index (χ0) is 16.9. The van der Waals surface area contributed by atoms with Crippen LogP contribution in [0.1, 0.15) is 0 Å². The molecule has 0 aliphatic carbocycles. The molecule has 2 aromatic rings. The number of guanidine groups is 1. The molecule has 1 aromatic carbocycles. The highest BCUT2D eigenvalue weighted by atomic mass is 79.9. The Hall–Kier alpha value is -1.83. The third-order valence-electron chi connectivity index (χ3n) is 3.78. The fourth-order valence-corrected chi connectivity index (χ4v) is 3.18. The number of hydroxylamine groups is 1. The summed E-state index contributed by atoms with van der Waals surface area (Å²) in [7, 11) is 0. The zero-order valence-corrected chi connectivity index (χ0v) is 15.2. The minimum atomic E-state index is 0.428. The number of hydrogen-bond donors (Lipinski definition) is 2. The lowest BCUT2D eigenvalue weighted by atomic mass is 10.3. The van der Waals surface area contributed by atoms with Crippen LogP contribution < -0.4 is 10.4 Å². The first-order chi connectivity index (χ1) is 11.7. The lowest BCUT2D eigenvalue weighted by molar-refractivity contribution is 0.207. The van der Waals surface area contributed by atoms with Crippen LogP contribution in [0, 0.1) is 0 Å². The monoisotopic (exact) mass is 409 g/mol. The highest BCUT2D eigenvalue weighted by molar-refractivity contribution is 9.10. The number of pyridine rings is 1. The largest absolute Gasteiger partial charge is 0.352 e. The molecular formula is C16H17BrClN5O. The topological polar surface area (TPSA) is 64.0 Å². The molecule has 1 saturated heterocycles. The van der Waals surface area contributed by atoms with Crippen molar-refractivity contribution < 1.29 is 5.21 Å². The molecule has 126 valence electrons. The van der Waals surface area contributed by atoms with E-state index in [1.165, 1.54) is 0 Å². The Morgan fingerprint density at radius 2 is 1.88 bits per heavy atom. The van der Waals surface area contributed by atoms with Crippen LogP contribution in [0.15, 0.2) is 52.1 Å². The average molecular weight is 411 g/mol. The molecule has 0 unspecified atom stereocenters. The maximum Gasteiger partial charge on any atom is 0.223 e. The van der Waals surface area contributed by atoms with E-state index in [9.17, 15) is 5.21 Å². The number of anilines is 1. The molecule has 24 heavy (non-hydrogen) atoms. The van der Waals surface area contributed by atoms with Crippen molar-refractivity contribution in [2.75, 3.05) is 31.1 Å². The molecule has 0 amide bonds. The third-order valence-corrected chi connectivity index (χ3v) is 4.65. The van der Waals surface area contributed by atoms with Gasteiger partial charge in [-0.1, -0.05) is 11.6 Å². The maximum atomic E-state index is 9.44. The lowest BCUT2D eigenvalue weighted by Gasteiger charge is -2.36. The van der Waals surface area contributed by atoms with Crippen LogP contribution in [0.2, 0.25) is 5.02 Å². The molecule has 8 heteroatoms. The molecule has 0 radical (unpaired) electrons. The third kappa shape index (κ3) is 3.98. The van der Waals surface area contributed by atoms with E-state index in [0.717, 1.165) is 42.2 Å². The van der Waals surface area contributed by atoms with Crippen molar-refractivity contribution in [1.82, 2.24) is 15.4 Å². The van der Waals surface area contributed by atoms with Gasteiger partial charge in [0.2, 0.25) is 5.96 Å². The minimum Gasteiger partial charge on any atom is -0.352 e. The van der Waals surface area contributed by atoms with Crippen LogP contribution in [0.5, 0.6) is 0 Å². The van der Waals surface area contributed by atoms with Crippen LogP contribution in [-0.2, 0) is 0 Å². The van der Waals surface area contributed by atoms with Crippen LogP contribution in [0.3, 0.4) is 0 Å². The van der Waals surface area contributed by atoms with Crippen molar-refractivity contribution in [1.29, 1.82) is 0 Å². The van der Waals surface area contributed by atoms with Gasteiger partial charge in [0.05, 0.1) is 10.2 Å². The summed E-state index contributed by atoms with van der Waals surface area (Å²) in [6.07, 6.45) is 1.79.